The van der Waals surface area contributed by atoms with Crippen molar-refractivity contribution in [2.75, 3.05) is 42.4 Å². The largest absolute Gasteiger partial charge is 0.443 e. The molecule has 1 unspecified atom stereocenters. The maximum absolute atomic E-state index is 13.0. The van der Waals surface area contributed by atoms with E-state index in [1.165, 1.54) is 6.20 Å². The average Bonchev–Trinajstić information content (AvgIpc) is 3.20. The molecule has 2 aromatic heterocycles. The van der Waals surface area contributed by atoms with E-state index >= 15 is 0 Å². The molecule has 0 radical (unpaired) electrons. The van der Waals surface area contributed by atoms with Gasteiger partial charge < -0.3 is 19.1 Å². The zero-order valence-electron chi connectivity index (χ0n) is 21.7. The topological polar surface area (TPSA) is 124 Å². The van der Waals surface area contributed by atoms with Crippen molar-refractivity contribution in [1.29, 1.82) is 0 Å². The highest BCUT2D eigenvalue weighted by atomic mass is 32.2. The molecule has 0 spiro atoms. The molecular formula is C23H34N5O6S2+. The molecule has 1 aliphatic heterocycles. The first kappa shape index (κ1) is 27.9. The lowest BCUT2D eigenvalue weighted by Crippen LogP contribution is -2.43. The van der Waals surface area contributed by atoms with Gasteiger partial charge in [-0.3, -0.25) is 0 Å². The minimum atomic E-state index is -1.46. The number of carbonyl (C=O) groups excluding carboxylic acids is 2. The Kier molecular flexibility index (Phi) is 8.67. The number of carbonyl (C=O) groups is 2. The molecule has 3 rings (SSSR count). The van der Waals surface area contributed by atoms with Crippen molar-refractivity contribution >= 4 is 45.3 Å². The molecular weight excluding hydrogens is 506 g/mol. The summed E-state index contributed by atoms with van der Waals surface area (Å²) < 4.78 is 28.3. The predicted molar refractivity (Wildman–Crippen MR) is 140 cm³/mol. The Morgan fingerprint density at radius 3 is 2.19 bits per heavy atom. The van der Waals surface area contributed by atoms with Gasteiger partial charge in [-0.25, -0.2) is 24.5 Å². The normalized spacial score (nSPS) is 15.4. The highest BCUT2D eigenvalue weighted by Crippen LogP contribution is 2.32. The molecule has 2 aromatic rings. The molecule has 11 nitrogen and oxygen atoms in total. The average molecular weight is 541 g/mol. The Bertz CT molecular complexity index is 1090. The summed E-state index contributed by atoms with van der Waals surface area (Å²) in [6.07, 6.45) is 1.35. The Hall–Kier alpha value is -2.64. The van der Waals surface area contributed by atoms with E-state index in [1.54, 1.807) is 47.8 Å². The number of thiol groups is 1. The quantitative estimate of drug-likeness (QED) is 0.407. The van der Waals surface area contributed by atoms with Gasteiger partial charge in [-0.2, -0.15) is 4.90 Å². The van der Waals surface area contributed by atoms with Crippen molar-refractivity contribution < 1.29 is 28.0 Å². The molecule has 198 valence electrons. The smallest absolute Gasteiger partial charge is 0.426 e. The Labute approximate surface area is 217 Å². The standard InChI is InChI=1S/C23H33N5O6S2/c1-22(2,3)33-20(29)28(21(30)34-23(4,5)6)19-24-13-16(35-19)18-25-15(14-36(7)31)12-17(26-18)27-8-10-32-11-9-27/h12-13H,8-11,14H2,1-7H3/p+1. The van der Waals surface area contributed by atoms with Crippen LogP contribution in [0.25, 0.3) is 10.7 Å². The van der Waals surface area contributed by atoms with E-state index in [4.69, 9.17) is 19.2 Å². The van der Waals surface area contributed by atoms with Gasteiger partial charge in [0.15, 0.2) is 11.6 Å². The van der Waals surface area contributed by atoms with Crippen molar-refractivity contribution in [2.24, 2.45) is 0 Å². The maximum atomic E-state index is 13.0. The van der Waals surface area contributed by atoms with Crippen molar-refractivity contribution in [2.45, 2.75) is 58.5 Å². The van der Waals surface area contributed by atoms with E-state index < -0.39 is 34.2 Å². The summed E-state index contributed by atoms with van der Waals surface area (Å²) in [5.41, 5.74) is -1.03. The molecule has 36 heavy (non-hydrogen) atoms. The lowest BCUT2D eigenvalue weighted by molar-refractivity contribution is 0.0430. The number of ether oxygens (including phenoxy) is 3. The van der Waals surface area contributed by atoms with Gasteiger partial charge in [-0.15, -0.1) is 4.21 Å². The summed E-state index contributed by atoms with van der Waals surface area (Å²) in [5.74, 6) is 1.36. The van der Waals surface area contributed by atoms with Crippen LogP contribution in [0.1, 0.15) is 47.2 Å². The summed E-state index contributed by atoms with van der Waals surface area (Å²) >= 11 is 1.06. The van der Waals surface area contributed by atoms with E-state index in [0.29, 0.717) is 54.3 Å². The number of morpholine rings is 1. The van der Waals surface area contributed by atoms with Crippen LogP contribution in [0.2, 0.25) is 0 Å². The molecule has 3 heterocycles. The van der Waals surface area contributed by atoms with E-state index in [0.717, 1.165) is 16.2 Å². The first-order valence-electron chi connectivity index (χ1n) is 11.5. The molecule has 0 N–H and O–H groups in total. The van der Waals surface area contributed by atoms with Crippen LogP contribution in [0.5, 0.6) is 0 Å². The molecule has 0 aliphatic carbocycles. The third-order valence-electron chi connectivity index (χ3n) is 4.54. The number of hydrogen-bond acceptors (Lipinski definition) is 11. The van der Waals surface area contributed by atoms with Crippen LogP contribution in [0.3, 0.4) is 0 Å². The number of rotatable bonds is 5. The molecule has 1 atom stereocenters. The third kappa shape index (κ3) is 7.93. The lowest BCUT2D eigenvalue weighted by Gasteiger charge is -2.28. The number of amides is 2. The molecule has 0 aromatic carbocycles. The first-order valence-corrected chi connectivity index (χ1v) is 14.2. The number of imide groups is 1. The molecule has 13 heteroatoms. The van der Waals surface area contributed by atoms with Gasteiger partial charge in [0.1, 0.15) is 17.0 Å². The van der Waals surface area contributed by atoms with E-state index in [-0.39, 0.29) is 5.13 Å². The monoisotopic (exact) mass is 540 g/mol. The van der Waals surface area contributed by atoms with Crippen LogP contribution in [0.4, 0.5) is 20.5 Å². The number of anilines is 2. The predicted octanol–water partition coefficient (Wildman–Crippen LogP) is 3.94. The second-order valence-corrected chi connectivity index (χ2v) is 12.8. The molecule has 0 bridgehead atoms. The van der Waals surface area contributed by atoms with Gasteiger partial charge in [-0.05, 0) is 41.5 Å². The Balaban J connectivity index is 2.00. The summed E-state index contributed by atoms with van der Waals surface area (Å²) in [7, 11) is -1.46. The van der Waals surface area contributed by atoms with Crippen LogP contribution in [0, 0.1) is 0 Å². The minimum absolute atomic E-state index is 0.0667. The zero-order chi connectivity index (χ0) is 26.7. The molecule has 1 aliphatic rings. The van der Waals surface area contributed by atoms with Gasteiger partial charge in [0.2, 0.25) is 5.13 Å². The van der Waals surface area contributed by atoms with Crippen molar-refractivity contribution in [3.8, 4) is 10.7 Å². The second-order valence-electron chi connectivity index (χ2n) is 10.2. The van der Waals surface area contributed by atoms with E-state index in [9.17, 15) is 13.8 Å². The fourth-order valence-electron chi connectivity index (χ4n) is 3.17. The van der Waals surface area contributed by atoms with Gasteiger partial charge in [-0.1, -0.05) is 11.3 Å². The van der Waals surface area contributed by atoms with Crippen LogP contribution >= 0.6 is 11.3 Å². The molecule has 0 saturated carbocycles. The van der Waals surface area contributed by atoms with Crippen LogP contribution in [0.15, 0.2) is 12.3 Å². The van der Waals surface area contributed by atoms with Gasteiger partial charge in [0.25, 0.3) is 0 Å². The number of nitrogens with zero attached hydrogens (tertiary/aromatic N) is 5. The van der Waals surface area contributed by atoms with Crippen LogP contribution < -0.4 is 9.80 Å². The molecule has 1 fully saturated rings. The summed E-state index contributed by atoms with van der Waals surface area (Å²) in [6.45, 7) is 12.7. The summed E-state index contributed by atoms with van der Waals surface area (Å²) in [6, 6.07) is 1.83. The zero-order valence-corrected chi connectivity index (χ0v) is 23.4. The lowest BCUT2D eigenvalue weighted by atomic mass is 10.2. The van der Waals surface area contributed by atoms with Crippen LogP contribution in [-0.4, -0.2) is 70.9 Å². The van der Waals surface area contributed by atoms with E-state index in [2.05, 4.69) is 14.9 Å². The number of hydrogen-bond donors (Lipinski definition) is 0. The maximum Gasteiger partial charge on any atom is 0.426 e. The van der Waals surface area contributed by atoms with Gasteiger partial charge in [0.05, 0.1) is 47.0 Å². The van der Waals surface area contributed by atoms with Crippen LogP contribution in [-0.2, 0) is 35.0 Å². The summed E-state index contributed by atoms with van der Waals surface area (Å²) in [5, 5.41) is 0.0667. The van der Waals surface area contributed by atoms with Gasteiger partial charge >= 0.3 is 12.2 Å². The van der Waals surface area contributed by atoms with E-state index in [1.807, 2.05) is 6.07 Å². The highest BCUT2D eigenvalue weighted by molar-refractivity contribution is 7.83. The van der Waals surface area contributed by atoms with Crippen molar-refractivity contribution in [3.05, 3.63) is 18.0 Å². The third-order valence-corrected chi connectivity index (χ3v) is 6.29. The minimum Gasteiger partial charge on any atom is -0.443 e. The fourth-order valence-corrected chi connectivity index (χ4v) is 4.62. The van der Waals surface area contributed by atoms with Gasteiger partial charge in [0, 0.05) is 19.2 Å². The second kappa shape index (κ2) is 11.2. The fraction of sp³-hybridized carbons (Fsp3) is 0.609. The number of aromatic nitrogens is 3. The van der Waals surface area contributed by atoms with Crippen molar-refractivity contribution in [1.82, 2.24) is 15.0 Å². The molecule has 2 amide bonds. The highest BCUT2D eigenvalue weighted by Gasteiger charge is 2.35. The SMILES string of the molecule is C[SH+](=O)Cc1cc(N2CCOCC2)nc(-c2cnc(N(C(=O)OC(C)(C)C)C(=O)OC(C)(C)C)s2)n1. The summed E-state index contributed by atoms with van der Waals surface area (Å²) in [4.78, 5) is 42.9. The Morgan fingerprint density at radius 1 is 1.08 bits per heavy atom. The molecule has 1 saturated heterocycles. The van der Waals surface area contributed by atoms with Crippen molar-refractivity contribution in [3.63, 3.8) is 0 Å². The Morgan fingerprint density at radius 2 is 1.67 bits per heavy atom. The number of thiazole rings is 1. The first-order chi connectivity index (χ1) is 16.7.